The van der Waals surface area contributed by atoms with Gasteiger partial charge in [0.15, 0.2) is 15.7 Å². The van der Waals surface area contributed by atoms with Crippen molar-refractivity contribution in [3.8, 4) is 0 Å². The lowest BCUT2D eigenvalue weighted by molar-refractivity contribution is 0.0703. The summed E-state index contributed by atoms with van der Waals surface area (Å²) in [6, 6.07) is 0.944. The van der Waals surface area contributed by atoms with E-state index in [1.807, 2.05) is 0 Å². The Hall–Kier alpha value is -1.50. The number of carbonyl (C=O) groups is 1. The molecule has 1 fully saturated rings. The Morgan fingerprint density at radius 1 is 1.58 bits per heavy atom. The number of nitrogens with zero attached hydrogens (tertiary/aromatic N) is 2. The number of carbonyl (C=O) groups excluding carboxylic acids is 1. The highest BCUT2D eigenvalue weighted by molar-refractivity contribution is 7.91. The van der Waals surface area contributed by atoms with E-state index in [1.165, 1.54) is 17.2 Å². The third-order valence-corrected chi connectivity index (χ3v) is 5.00. The van der Waals surface area contributed by atoms with Crippen molar-refractivity contribution >= 4 is 15.7 Å². The standard InChI is InChI=1S/C12H15FN2O3S/c1-2-15(9-4-6-19(17,18)8-9)12(16)10-3-5-14-7-11(10)13/h3,5,7,9H,2,4,6,8H2,1H3. The van der Waals surface area contributed by atoms with Crippen molar-refractivity contribution in [2.24, 2.45) is 0 Å². The summed E-state index contributed by atoms with van der Waals surface area (Å²) in [6.45, 7) is 2.10. The van der Waals surface area contributed by atoms with E-state index < -0.39 is 21.6 Å². The summed E-state index contributed by atoms with van der Waals surface area (Å²) < 4.78 is 36.5. The molecule has 1 unspecified atom stereocenters. The summed E-state index contributed by atoms with van der Waals surface area (Å²) in [7, 11) is -3.08. The van der Waals surface area contributed by atoms with Crippen LogP contribution in [-0.4, -0.2) is 48.3 Å². The number of hydrogen-bond donors (Lipinski definition) is 0. The molecule has 1 aliphatic rings. The fraction of sp³-hybridized carbons (Fsp3) is 0.500. The molecule has 19 heavy (non-hydrogen) atoms. The maximum Gasteiger partial charge on any atom is 0.257 e. The van der Waals surface area contributed by atoms with Crippen molar-refractivity contribution in [1.82, 2.24) is 9.88 Å². The molecular formula is C12H15FN2O3S. The number of aromatic nitrogens is 1. The average molecular weight is 286 g/mol. The summed E-state index contributed by atoms with van der Waals surface area (Å²) >= 11 is 0. The van der Waals surface area contributed by atoms with Crippen molar-refractivity contribution in [3.05, 3.63) is 29.8 Å². The van der Waals surface area contributed by atoms with Gasteiger partial charge in [-0.2, -0.15) is 0 Å². The monoisotopic (exact) mass is 286 g/mol. The normalized spacial score (nSPS) is 21.3. The van der Waals surface area contributed by atoms with Crippen molar-refractivity contribution in [3.63, 3.8) is 0 Å². The number of amides is 1. The Balaban J connectivity index is 2.24. The van der Waals surface area contributed by atoms with Gasteiger partial charge < -0.3 is 4.90 Å². The maximum atomic E-state index is 13.5. The van der Waals surface area contributed by atoms with Crippen LogP contribution in [0.25, 0.3) is 0 Å². The zero-order chi connectivity index (χ0) is 14.0. The van der Waals surface area contributed by atoms with E-state index in [1.54, 1.807) is 6.92 Å². The summed E-state index contributed by atoms with van der Waals surface area (Å²) in [5, 5.41) is 0. The molecule has 1 atom stereocenters. The molecule has 0 aliphatic carbocycles. The van der Waals surface area contributed by atoms with Crippen LogP contribution in [0.1, 0.15) is 23.7 Å². The van der Waals surface area contributed by atoms with Gasteiger partial charge in [0, 0.05) is 18.8 Å². The first-order valence-electron chi connectivity index (χ1n) is 6.05. The van der Waals surface area contributed by atoms with Gasteiger partial charge in [0.05, 0.1) is 23.3 Å². The SMILES string of the molecule is CCN(C(=O)c1ccncc1F)C1CCS(=O)(=O)C1. The first-order chi connectivity index (χ1) is 8.94. The number of halogens is 1. The molecule has 2 heterocycles. The van der Waals surface area contributed by atoms with Crippen LogP contribution in [0, 0.1) is 5.82 Å². The largest absolute Gasteiger partial charge is 0.335 e. The molecule has 1 aromatic heterocycles. The quantitative estimate of drug-likeness (QED) is 0.827. The first kappa shape index (κ1) is 13.9. The summed E-state index contributed by atoms with van der Waals surface area (Å²) in [5.74, 6) is -1.13. The predicted molar refractivity (Wildman–Crippen MR) is 68.0 cm³/mol. The van der Waals surface area contributed by atoms with Gasteiger partial charge >= 0.3 is 0 Å². The van der Waals surface area contributed by atoms with E-state index in [0.29, 0.717) is 13.0 Å². The van der Waals surface area contributed by atoms with Crippen molar-refractivity contribution in [2.75, 3.05) is 18.1 Å². The van der Waals surface area contributed by atoms with Gasteiger partial charge in [-0.3, -0.25) is 9.78 Å². The lowest BCUT2D eigenvalue weighted by Crippen LogP contribution is -2.41. The molecule has 0 aromatic carbocycles. The lowest BCUT2D eigenvalue weighted by Gasteiger charge is -2.26. The van der Waals surface area contributed by atoms with E-state index in [2.05, 4.69) is 4.98 Å². The van der Waals surface area contributed by atoms with Gasteiger partial charge in [0.25, 0.3) is 5.91 Å². The molecule has 1 amide bonds. The molecule has 0 radical (unpaired) electrons. The minimum atomic E-state index is -3.08. The Kier molecular flexibility index (Phi) is 3.84. The van der Waals surface area contributed by atoms with E-state index in [9.17, 15) is 17.6 Å². The molecule has 0 N–H and O–H groups in total. The van der Waals surface area contributed by atoms with Gasteiger partial charge in [0.2, 0.25) is 0 Å². The van der Waals surface area contributed by atoms with Crippen molar-refractivity contribution in [1.29, 1.82) is 0 Å². The predicted octanol–water partition coefficient (Wildman–Crippen LogP) is 0.870. The second-order valence-corrected chi connectivity index (χ2v) is 6.73. The van der Waals surface area contributed by atoms with Crippen LogP contribution in [0.5, 0.6) is 0 Å². The highest BCUT2D eigenvalue weighted by atomic mass is 32.2. The fourth-order valence-electron chi connectivity index (χ4n) is 2.29. The summed E-state index contributed by atoms with van der Waals surface area (Å²) in [5.41, 5.74) is -0.0684. The van der Waals surface area contributed by atoms with Gasteiger partial charge in [0.1, 0.15) is 0 Å². The maximum absolute atomic E-state index is 13.5. The minimum absolute atomic E-state index is 0.0424. The van der Waals surface area contributed by atoms with Crippen LogP contribution in [0.3, 0.4) is 0 Å². The Labute approximate surface area is 111 Å². The number of sulfone groups is 1. The van der Waals surface area contributed by atoms with Crippen LogP contribution >= 0.6 is 0 Å². The summed E-state index contributed by atoms with van der Waals surface area (Å²) in [4.78, 5) is 17.3. The molecule has 5 nitrogen and oxygen atoms in total. The fourth-order valence-corrected chi connectivity index (χ4v) is 4.02. The van der Waals surface area contributed by atoms with E-state index in [-0.39, 0.29) is 23.1 Å². The van der Waals surface area contributed by atoms with Gasteiger partial charge in [-0.05, 0) is 19.4 Å². The van der Waals surface area contributed by atoms with Crippen LogP contribution in [-0.2, 0) is 9.84 Å². The zero-order valence-electron chi connectivity index (χ0n) is 10.5. The highest BCUT2D eigenvalue weighted by Crippen LogP contribution is 2.20. The Morgan fingerprint density at radius 3 is 2.84 bits per heavy atom. The molecule has 0 bridgehead atoms. The first-order valence-corrected chi connectivity index (χ1v) is 7.87. The van der Waals surface area contributed by atoms with E-state index >= 15 is 0 Å². The van der Waals surface area contributed by atoms with Crippen LogP contribution in [0.2, 0.25) is 0 Å². The molecule has 0 spiro atoms. The third kappa shape index (κ3) is 2.91. The Bertz CT molecular complexity index is 588. The van der Waals surface area contributed by atoms with Gasteiger partial charge in [-0.15, -0.1) is 0 Å². The molecule has 1 aliphatic heterocycles. The molecular weight excluding hydrogens is 271 g/mol. The topological polar surface area (TPSA) is 67.3 Å². The second kappa shape index (κ2) is 5.24. The van der Waals surface area contributed by atoms with Crippen LogP contribution in [0.15, 0.2) is 18.5 Å². The van der Waals surface area contributed by atoms with Crippen molar-refractivity contribution < 1.29 is 17.6 Å². The molecule has 0 saturated carbocycles. The minimum Gasteiger partial charge on any atom is -0.335 e. The van der Waals surface area contributed by atoms with E-state index in [0.717, 1.165) is 6.20 Å². The highest BCUT2D eigenvalue weighted by Gasteiger charge is 2.34. The number of pyridine rings is 1. The van der Waals surface area contributed by atoms with Crippen LogP contribution in [0.4, 0.5) is 4.39 Å². The Morgan fingerprint density at radius 2 is 2.32 bits per heavy atom. The number of rotatable bonds is 3. The molecule has 1 saturated heterocycles. The molecule has 7 heteroatoms. The third-order valence-electron chi connectivity index (χ3n) is 3.25. The summed E-state index contributed by atoms with van der Waals surface area (Å²) in [6.07, 6.45) is 2.73. The van der Waals surface area contributed by atoms with Crippen LogP contribution < -0.4 is 0 Å². The average Bonchev–Trinajstić information content (AvgIpc) is 2.71. The van der Waals surface area contributed by atoms with Crippen molar-refractivity contribution in [2.45, 2.75) is 19.4 Å². The smallest absolute Gasteiger partial charge is 0.257 e. The molecule has 2 rings (SSSR count). The van der Waals surface area contributed by atoms with E-state index in [4.69, 9.17) is 0 Å². The molecule has 1 aromatic rings. The van der Waals surface area contributed by atoms with Gasteiger partial charge in [-0.25, -0.2) is 12.8 Å². The zero-order valence-corrected chi connectivity index (χ0v) is 11.4. The molecule has 104 valence electrons. The lowest BCUT2D eigenvalue weighted by atomic mass is 10.1. The number of hydrogen-bond acceptors (Lipinski definition) is 4. The second-order valence-electron chi connectivity index (χ2n) is 4.50. The van der Waals surface area contributed by atoms with Gasteiger partial charge in [-0.1, -0.05) is 0 Å².